The predicted octanol–water partition coefficient (Wildman–Crippen LogP) is 4.24. The summed E-state index contributed by atoms with van der Waals surface area (Å²) in [7, 11) is 0. The number of hydrogen-bond acceptors (Lipinski definition) is 0. The van der Waals surface area contributed by atoms with E-state index in [9.17, 15) is 0 Å². The van der Waals surface area contributed by atoms with Crippen LogP contribution < -0.4 is 0 Å². The Bertz CT molecular complexity index is 266. The number of rotatable bonds is 0. The maximum absolute atomic E-state index is 5.95. The van der Waals surface area contributed by atoms with Gasteiger partial charge in [-0.05, 0) is 51.8 Å². The van der Waals surface area contributed by atoms with Gasteiger partial charge in [0.2, 0.25) is 0 Å². The highest BCUT2D eigenvalue weighted by atomic mass is 127. The van der Waals surface area contributed by atoms with E-state index >= 15 is 0 Å². The van der Waals surface area contributed by atoms with Crippen molar-refractivity contribution in [3.8, 4) is 0 Å². The van der Waals surface area contributed by atoms with E-state index in [1.807, 2.05) is 12.1 Å². The smallest absolute Gasteiger partial charge is 0.0419 e. The summed E-state index contributed by atoms with van der Waals surface area (Å²) < 4.78 is 1.20. The Hall–Kier alpha value is 0.240. The van der Waals surface area contributed by atoms with Gasteiger partial charge < -0.3 is 0 Å². The first-order valence-corrected chi connectivity index (χ1v) is 5.32. The van der Waals surface area contributed by atoms with Crippen molar-refractivity contribution in [2.75, 3.05) is 0 Å². The molecule has 66 valence electrons. The fraction of sp³-hybridized carbons (Fsp3) is 0.400. The minimum Gasteiger partial charge on any atom is -0.0843 e. The Morgan fingerprint density at radius 3 is 2.17 bits per heavy atom. The molecule has 0 N–H and O–H groups in total. The van der Waals surface area contributed by atoms with Gasteiger partial charge in [-0.25, -0.2) is 0 Å². The lowest BCUT2D eigenvalue weighted by atomic mass is 9.87. The minimum absolute atomic E-state index is 0.185. The zero-order valence-corrected chi connectivity index (χ0v) is 10.4. The molecule has 1 rings (SSSR count). The van der Waals surface area contributed by atoms with E-state index in [1.165, 1.54) is 9.13 Å². The zero-order chi connectivity index (χ0) is 9.35. The van der Waals surface area contributed by atoms with Crippen LogP contribution in [0.15, 0.2) is 18.2 Å². The Balaban J connectivity index is 3.18. The molecule has 0 radical (unpaired) electrons. The minimum atomic E-state index is 0.185. The molecule has 0 unspecified atom stereocenters. The van der Waals surface area contributed by atoms with E-state index in [0.717, 1.165) is 5.02 Å². The molecule has 0 saturated heterocycles. The first-order valence-electron chi connectivity index (χ1n) is 3.86. The van der Waals surface area contributed by atoms with E-state index in [2.05, 4.69) is 49.4 Å². The summed E-state index contributed by atoms with van der Waals surface area (Å²) in [6, 6.07) is 6.17. The topological polar surface area (TPSA) is 0 Å². The molecule has 1 aromatic carbocycles. The molecular weight excluding hydrogens is 282 g/mol. The van der Waals surface area contributed by atoms with E-state index in [4.69, 9.17) is 11.6 Å². The Morgan fingerprint density at radius 1 is 1.17 bits per heavy atom. The fourth-order valence-electron chi connectivity index (χ4n) is 0.987. The molecule has 0 amide bonds. The molecule has 0 atom stereocenters. The van der Waals surface area contributed by atoms with Crippen LogP contribution in [0, 0.1) is 3.57 Å². The number of hydrogen-bond donors (Lipinski definition) is 0. The predicted molar refractivity (Wildman–Crippen MR) is 62.9 cm³/mol. The van der Waals surface area contributed by atoms with E-state index in [0.29, 0.717) is 0 Å². The van der Waals surface area contributed by atoms with E-state index < -0.39 is 0 Å². The first kappa shape index (κ1) is 10.3. The average molecular weight is 295 g/mol. The monoisotopic (exact) mass is 294 g/mol. The third kappa shape index (κ3) is 2.63. The maximum Gasteiger partial charge on any atom is 0.0419 e. The molecule has 0 heterocycles. The first-order chi connectivity index (χ1) is 5.39. The van der Waals surface area contributed by atoms with Gasteiger partial charge in [0.25, 0.3) is 0 Å². The van der Waals surface area contributed by atoms with Gasteiger partial charge in [-0.15, -0.1) is 0 Å². The highest BCUT2D eigenvalue weighted by Gasteiger charge is 2.14. The molecule has 0 aliphatic rings. The summed E-state index contributed by atoms with van der Waals surface area (Å²) in [5.41, 5.74) is 1.48. The van der Waals surface area contributed by atoms with Crippen LogP contribution >= 0.6 is 34.2 Å². The summed E-state index contributed by atoms with van der Waals surface area (Å²) in [6.07, 6.45) is 0. The van der Waals surface area contributed by atoms with Crippen LogP contribution in [0.2, 0.25) is 5.02 Å². The van der Waals surface area contributed by atoms with Gasteiger partial charge in [0.05, 0.1) is 0 Å². The molecule has 0 fully saturated rings. The molecule has 0 nitrogen and oxygen atoms in total. The second-order valence-corrected chi connectivity index (χ2v) is 5.59. The lowest BCUT2D eigenvalue weighted by Gasteiger charge is -2.19. The standard InChI is InChI=1S/C10H12ClI/c1-10(2,3)7-4-8(11)6-9(12)5-7/h4-6H,1-3H3. The quantitative estimate of drug-likeness (QED) is 0.628. The van der Waals surface area contributed by atoms with Gasteiger partial charge in [0, 0.05) is 8.59 Å². The third-order valence-electron chi connectivity index (χ3n) is 1.73. The average Bonchev–Trinajstić information content (AvgIpc) is 1.82. The van der Waals surface area contributed by atoms with Gasteiger partial charge in [-0.1, -0.05) is 32.4 Å². The van der Waals surface area contributed by atoms with Gasteiger partial charge in [0.15, 0.2) is 0 Å². The molecule has 2 heteroatoms. The molecule has 0 saturated carbocycles. The molecule has 0 aliphatic heterocycles. The SMILES string of the molecule is CC(C)(C)c1cc(Cl)cc(I)c1. The highest BCUT2D eigenvalue weighted by Crippen LogP contribution is 2.26. The molecule has 12 heavy (non-hydrogen) atoms. The van der Waals surface area contributed by atoms with E-state index in [1.54, 1.807) is 0 Å². The summed E-state index contributed by atoms with van der Waals surface area (Å²) in [6.45, 7) is 6.57. The van der Waals surface area contributed by atoms with Crippen molar-refractivity contribution in [1.82, 2.24) is 0 Å². The van der Waals surface area contributed by atoms with Gasteiger partial charge in [-0.3, -0.25) is 0 Å². The summed E-state index contributed by atoms with van der Waals surface area (Å²) in [5.74, 6) is 0. The number of halogens is 2. The maximum atomic E-state index is 5.95. The van der Waals surface area contributed by atoms with Crippen LogP contribution in [-0.4, -0.2) is 0 Å². The Morgan fingerprint density at radius 2 is 1.75 bits per heavy atom. The van der Waals surface area contributed by atoms with Crippen molar-refractivity contribution in [3.63, 3.8) is 0 Å². The summed E-state index contributed by atoms with van der Waals surface area (Å²) in [5, 5.41) is 0.826. The van der Waals surface area contributed by atoms with Crippen molar-refractivity contribution in [1.29, 1.82) is 0 Å². The second-order valence-electron chi connectivity index (χ2n) is 3.91. The Labute approximate surface area is 92.5 Å². The van der Waals surface area contributed by atoms with Crippen LogP contribution in [-0.2, 0) is 5.41 Å². The van der Waals surface area contributed by atoms with Crippen LogP contribution in [0.1, 0.15) is 26.3 Å². The summed E-state index contributed by atoms with van der Waals surface area (Å²) in [4.78, 5) is 0. The van der Waals surface area contributed by atoms with Crippen molar-refractivity contribution in [2.45, 2.75) is 26.2 Å². The van der Waals surface area contributed by atoms with E-state index in [-0.39, 0.29) is 5.41 Å². The van der Waals surface area contributed by atoms with Crippen molar-refractivity contribution < 1.29 is 0 Å². The zero-order valence-electron chi connectivity index (χ0n) is 7.49. The van der Waals surface area contributed by atoms with Crippen LogP contribution in [0.3, 0.4) is 0 Å². The highest BCUT2D eigenvalue weighted by molar-refractivity contribution is 14.1. The van der Waals surface area contributed by atoms with Crippen LogP contribution in [0.25, 0.3) is 0 Å². The third-order valence-corrected chi connectivity index (χ3v) is 2.57. The second kappa shape index (κ2) is 3.54. The van der Waals surface area contributed by atoms with Crippen molar-refractivity contribution in [3.05, 3.63) is 32.4 Å². The molecule has 0 bridgehead atoms. The summed E-state index contributed by atoms with van der Waals surface area (Å²) >= 11 is 8.24. The van der Waals surface area contributed by atoms with Gasteiger partial charge >= 0.3 is 0 Å². The molecule has 0 aromatic heterocycles. The van der Waals surface area contributed by atoms with Crippen molar-refractivity contribution in [2.24, 2.45) is 0 Å². The van der Waals surface area contributed by atoms with Gasteiger partial charge in [-0.2, -0.15) is 0 Å². The van der Waals surface area contributed by atoms with Gasteiger partial charge in [0.1, 0.15) is 0 Å². The molecule has 0 spiro atoms. The van der Waals surface area contributed by atoms with Crippen LogP contribution in [0.4, 0.5) is 0 Å². The normalized spacial score (nSPS) is 11.8. The van der Waals surface area contributed by atoms with Crippen LogP contribution in [0.5, 0.6) is 0 Å². The Kier molecular flexibility index (Phi) is 3.05. The van der Waals surface area contributed by atoms with Crippen molar-refractivity contribution >= 4 is 34.2 Å². The molecule has 1 aromatic rings. The lowest BCUT2D eigenvalue weighted by Crippen LogP contribution is -2.10. The molecular formula is C10H12ClI. The largest absolute Gasteiger partial charge is 0.0843 e. The fourth-order valence-corrected chi connectivity index (χ4v) is 2.08. The molecule has 0 aliphatic carbocycles. The number of benzene rings is 1. The lowest BCUT2D eigenvalue weighted by molar-refractivity contribution is 0.590.